The summed E-state index contributed by atoms with van der Waals surface area (Å²) in [5.74, 6) is -0.157. The summed E-state index contributed by atoms with van der Waals surface area (Å²) in [6.45, 7) is 0.484. The number of nitrogens with zero attached hydrogens (tertiary/aromatic N) is 1. The monoisotopic (exact) mass is 323 g/mol. The van der Waals surface area contributed by atoms with E-state index in [4.69, 9.17) is 9.84 Å². The van der Waals surface area contributed by atoms with Crippen LogP contribution in [0.15, 0.2) is 30.3 Å². The number of anilines is 1. The van der Waals surface area contributed by atoms with Crippen molar-refractivity contribution in [3.8, 4) is 0 Å². The van der Waals surface area contributed by atoms with Crippen LogP contribution in [0.3, 0.4) is 0 Å². The number of amides is 1. The average Bonchev–Trinajstić information content (AvgIpc) is 2.54. The highest BCUT2D eigenvalue weighted by molar-refractivity contribution is 8.00. The van der Waals surface area contributed by atoms with Crippen molar-refractivity contribution in [2.24, 2.45) is 0 Å². The van der Waals surface area contributed by atoms with E-state index in [2.05, 4.69) is 0 Å². The standard InChI is InChI=1S/C16H21NO4S/c18-15(12-22-11-14-8-4-5-9-21-14)17(10-16(19)20)13-6-2-1-3-7-13/h1-3,6-7,14H,4-5,8-12H2,(H,19,20). The van der Waals surface area contributed by atoms with Crippen molar-refractivity contribution in [1.29, 1.82) is 0 Å². The third-order valence-electron chi connectivity index (χ3n) is 3.47. The number of aliphatic carboxylic acids is 1. The van der Waals surface area contributed by atoms with E-state index in [-0.39, 0.29) is 24.3 Å². The van der Waals surface area contributed by atoms with E-state index in [0.29, 0.717) is 5.69 Å². The van der Waals surface area contributed by atoms with E-state index in [9.17, 15) is 9.59 Å². The van der Waals surface area contributed by atoms with Crippen LogP contribution in [0.25, 0.3) is 0 Å². The number of carbonyl (C=O) groups excluding carboxylic acids is 1. The molecular formula is C16H21NO4S. The summed E-state index contributed by atoms with van der Waals surface area (Å²) < 4.78 is 5.63. The molecule has 1 fully saturated rings. The normalized spacial score (nSPS) is 17.9. The Morgan fingerprint density at radius 2 is 2.05 bits per heavy atom. The van der Waals surface area contributed by atoms with Gasteiger partial charge in [0.2, 0.25) is 5.91 Å². The fourth-order valence-corrected chi connectivity index (χ4v) is 3.34. The van der Waals surface area contributed by atoms with Crippen LogP contribution in [0.5, 0.6) is 0 Å². The van der Waals surface area contributed by atoms with E-state index >= 15 is 0 Å². The van der Waals surface area contributed by atoms with Gasteiger partial charge in [-0.05, 0) is 31.4 Å². The van der Waals surface area contributed by atoms with E-state index in [1.807, 2.05) is 6.07 Å². The smallest absolute Gasteiger partial charge is 0.323 e. The zero-order valence-electron chi connectivity index (χ0n) is 12.4. The summed E-state index contributed by atoms with van der Waals surface area (Å²) in [5.41, 5.74) is 0.615. The van der Waals surface area contributed by atoms with E-state index in [1.165, 1.54) is 23.1 Å². The van der Waals surface area contributed by atoms with Crippen molar-refractivity contribution in [3.63, 3.8) is 0 Å². The first-order valence-electron chi connectivity index (χ1n) is 7.43. The van der Waals surface area contributed by atoms with Crippen LogP contribution in [0.1, 0.15) is 19.3 Å². The Labute approximate surface area is 134 Å². The molecular weight excluding hydrogens is 302 g/mol. The molecule has 1 aliphatic heterocycles. The first-order valence-corrected chi connectivity index (χ1v) is 8.59. The van der Waals surface area contributed by atoms with Gasteiger partial charge in [-0.2, -0.15) is 0 Å². The fourth-order valence-electron chi connectivity index (χ4n) is 2.36. The lowest BCUT2D eigenvalue weighted by Crippen LogP contribution is -2.37. The van der Waals surface area contributed by atoms with Gasteiger partial charge in [0.15, 0.2) is 0 Å². The number of ether oxygens (including phenoxy) is 1. The molecule has 0 spiro atoms. The van der Waals surface area contributed by atoms with Crippen molar-refractivity contribution < 1.29 is 19.4 Å². The summed E-state index contributed by atoms with van der Waals surface area (Å²) in [4.78, 5) is 24.6. The Morgan fingerprint density at radius 1 is 1.27 bits per heavy atom. The van der Waals surface area contributed by atoms with E-state index in [1.54, 1.807) is 24.3 Å². The number of para-hydroxylation sites is 1. The first kappa shape index (κ1) is 16.8. The predicted octanol–water partition coefficient (Wildman–Crippen LogP) is 2.41. The zero-order valence-corrected chi connectivity index (χ0v) is 13.3. The minimum Gasteiger partial charge on any atom is -0.480 e. The zero-order chi connectivity index (χ0) is 15.8. The number of carboxylic acid groups (broad SMARTS) is 1. The third-order valence-corrected chi connectivity index (χ3v) is 4.52. The van der Waals surface area contributed by atoms with Gasteiger partial charge in [0.1, 0.15) is 6.54 Å². The Kier molecular flexibility index (Phi) is 6.74. The maximum absolute atomic E-state index is 12.3. The molecule has 2 rings (SSSR count). The van der Waals surface area contributed by atoms with Crippen molar-refractivity contribution in [2.45, 2.75) is 25.4 Å². The molecule has 1 aliphatic rings. The van der Waals surface area contributed by atoms with Crippen molar-refractivity contribution in [3.05, 3.63) is 30.3 Å². The largest absolute Gasteiger partial charge is 0.480 e. The second-order valence-electron chi connectivity index (χ2n) is 5.21. The molecule has 0 aliphatic carbocycles. The number of hydrogen-bond donors (Lipinski definition) is 1. The fraction of sp³-hybridized carbons (Fsp3) is 0.500. The Hall–Kier alpha value is -1.53. The van der Waals surface area contributed by atoms with Crippen LogP contribution in [-0.2, 0) is 14.3 Å². The lowest BCUT2D eigenvalue weighted by Gasteiger charge is -2.23. The molecule has 1 unspecified atom stereocenters. The van der Waals surface area contributed by atoms with Gasteiger partial charge >= 0.3 is 5.97 Å². The molecule has 1 atom stereocenters. The summed E-state index contributed by atoms with van der Waals surface area (Å²) in [5, 5.41) is 9.00. The number of rotatable bonds is 7. The average molecular weight is 323 g/mol. The SMILES string of the molecule is O=C(O)CN(C(=O)CSCC1CCCCO1)c1ccccc1. The third kappa shape index (κ3) is 5.35. The molecule has 1 aromatic carbocycles. The van der Waals surface area contributed by atoms with Gasteiger partial charge in [-0.25, -0.2) is 0 Å². The van der Waals surface area contributed by atoms with Crippen LogP contribution in [0, 0.1) is 0 Å². The topological polar surface area (TPSA) is 66.8 Å². The molecule has 1 saturated heterocycles. The predicted molar refractivity (Wildman–Crippen MR) is 87.3 cm³/mol. The molecule has 5 nitrogen and oxygen atoms in total. The molecule has 0 bridgehead atoms. The molecule has 22 heavy (non-hydrogen) atoms. The molecule has 0 saturated carbocycles. The quantitative estimate of drug-likeness (QED) is 0.834. The second kappa shape index (κ2) is 8.80. The van der Waals surface area contributed by atoms with Gasteiger partial charge in [-0.1, -0.05) is 18.2 Å². The van der Waals surface area contributed by atoms with Gasteiger partial charge in [0.05, 0.1) is 11.9 Å². The van der Waals surface area contributed by atoms with Gasteiger partial charge < -0.3 is 14.7 Å². The molecule has 1 N–H and O–H groups in total. The molecule has 0 radical (unpaired) electrons. The summed E-state index contributed by atoms with van der Waals surface area (Å²) >= 11 is 1.51. The number of hydrogen-bond acceptors (Lipinski definition) is 4. The molecule has 1 heterocycles. The maximum Gasteiger partial charge on any atom is 0.323 e. The van der Waals surface area contributed by atoms with Crippen molar-refractivity contribution >= 4 is 29.3 Å². The Bertz CT molecular complexity index is 488. The van der Waals surface area contributed by atoms with Crippen LogP contribution in [0.4, 0.5) is 5.69 Å². The summed E-state index contributed by atoms with van der Waals surface area (Å²) in [6, 6.07) is 8.91. The Balaban J connectivity index is 1.87. The minimum absolute atomic E-state index is 0.186. The highest BCUT2D eigenvalue weighted by Crippen LogP contribution is 2.19. The number of carboxylic acids is 1. The minimum atomic E-state index is -1.02. The van der Waals surface area contributed by atoms with Crippen LogP contribution in [0.2, 0.25) is 0 Å². The van der Waals surface area contributed by atoms with Crippen molar-refractivity contribution in [2.75, 3.05) is 29.6 Å². The van der Waals surface area contributed by atoms with Gasteiger partial charge in [0.25, 0.3) is 0 Å². The number of benzene rings is 1. The molecule has 120 valence electrons. The molecule has 1 aromatic rings. The number of carbonyl (C=O) groups is 2. The number of thioether (sulfide) groups is 1. The first-order chi connectivity index (χ1) is 10.7. The van der Waals surface area contributed by atoms with Crippen LogP contribution >= 0.6 is 11.8 Å². The second-order valence-corrected chi connectivity index (χ2v) is 6.24. The van der Waals surface area contributed by atoms with Crippen LogP contribution in [-0.4, -0.2) is 47.7 Å². The maximum atomic E-state index is 12.3. The lowest BCUT2D eigenvalue weighted by molar-refractivity contribution is -0.136. The lowest BCUT2D eigenvalue weighted by atomic mass is 10.1. The van der Waals surface area contributed by atoms with Crippen LogP contribution < -0.4 is 4.90 Å². The molecule has 6 heteroatoms. The van der Waals surface area contributed by atoms with Gasteiger partial charge in [-0.15, -0.1) is 11.8 Å². The van der Waals surface area contributed by atoms with E-state index in [0.717, 1.165) is 25.2 Å². The van der Waals surface area contributed by atoms with Gasteiger partial charge in [0, 0.05) is 18.0 Å². The highest BCUT2D eigenvalue weighted by atomic mass is 32.2. The summed E-state index contributed by atoms with van der Waals surface area (Å²) in [7, 11) is 0. The van der Waals surface area contributed by atoms with Crippen molar-refractivity contribution in [1.82, 2.24) is 0 Å². The Morgan fingerprint density at radius 3 is 2.68 bits per heavy atom. The highest BCUT2D eigenvalue weighted by Gasteiger charge is 2.20. The van der Waals surface area contributed by atoms with Gasteiger partial charge in [-0.3, -0.25) is 9.59 Å². The molecule has 1 amide bonds. The van der Waals surface area contributed by atoms with E-state index < -0.39 is 5.97 Å². The summed E-state index contributed by atoms with van der Waals surface area (Å²) in [6.07, 6.45) is 3.55. The molecule has 0 aromatic heterocycles.